The number of ether oxygens (including phenoxy) is 2. The standard InChI is InChI=1S/C34H32N2O6/c1-2-3-8-25-30(41-33(28-21-13-6-14-22-28)31(35(37)38)26-17-9-4-10-18-26)42-34(29-23-15-7-16-24-29)32(36(39)40)27-19-11-5-12-20-27/h4-7,9-24,30H,2-3,8,25H2,1H3. The van der Waals surface area contributed by atoms with Crippen molar-refractivity contribution in [3.05, 3.63) is 164 Å². The van der Waals surface area contributed by atoms with Gasteiger partial charge >= 0.3 is 11.4 Å². The Morgan fingerprint density at radius 3 is 1.21 bits per heavy atom. The fourth-order valence-electron chi connectivity index (χ4n) is 4.50. The summed E-state index contributed by atoms with van der Waals surface area (Å²) in [6, 6.07) is 34.6. The molecule has 4 aromatic carbocycles. The van der Waals surface area contributed by atoms with E-state index in [9.17, 15) is 20.2 Å². The lowest BCUT2D eigenvalue weighted by Crippen LogP contribution is -2.20. The lowest BCUT2D eigenvalue weighted by Gasteiger charge is -2.24. The number of rotatable bonds is 14. The van der Waals surface area contributed by atoms with Gasteiger partial charge < -0.3 is 9.47 Å². The first-order valence-electron chi connectivity index (χ1n) is 13.8. The van der Waals surface area contributed by atoms with Crippen molar-refractivity contribution in [3.8, 4) is 0 Å². The molecular weight excluding hydrogens is 532 g/mol. The maximum atomic E-state index is 12.5. The molecule has 0 fully saturated rings. The Hall–Kier alpha value is -5.24. The minimum atomic E-state index is -1.07. The molecule has 0 saturated carbocycles. The summed E-state index contributed by atoms with van der Waals surface area (Å²) in [5.41, 5.74) is 1.24. The van der Waals surface area contributed by atoms with E-state index in [0.29, 0.717) is 35.1 Å². The largest absolute Gasteiger partial charge is 0.447 e. The molecule has 0 radical (unpaired) electrons. The maximum Gasteiger partial charge on any atom is 0.318 e. The predicted octanol–water partition coefficient (Wildman–Crippen LogP) is 8.53. The van der Waals surface area contributed by atoms with Crippen LogP contribution in [0.25, 0.3) is 22.9 Å². The highest BCUT2D eigenvalue weighted by Crippen LogP contribution is 2.34. The third kappa shape index (κ3) is 7.69. The quantitative estimate of drug-likeness (QED) is 0.0379. The average molecular weight is 565 g/mol. The van der Waals surface area contributed by atoms with Gasteiger partial charge in [-0.1, -0.05) is 117 Å². The van der Waals surface area contributed by atoms with Gasteiger partial charge in [0, 0.05) is 17.5 Å². The summed E-state index contributed by atoms with van der Waals surface area (Å²) in [4.78, 5) is 24.1. The summed E-state index contributed by atoms with van der Waals surface area (Å²) in [7, 11) is 0. The highest BCUT2D eigenvalue weighted by Gasteiger charge is 2.31. The second-order valence-electron chi connectivity index (χ2n) is 9.49. The molecule has 8 heteroatoms. The van der Waals surface area contributed by atoms with Gasteiger partial charge in [-0.25, -0.2) is 0 Å². The van der Waals surface area contributed by atoms with Crippen molar-refractivity contribution in [3.63, 3.8) is 0 Å². The second kappa shape index (κ2) is 14.9. The first kappa shape index (κ1) is 29.7. The summed E-state index contributed by atoms with van der Waals surface area (Å²) < 4.78 is 12.9. The molecule has 0 heterocycles. The lowest BCUT2D eigenvalue weighted by atomic mass is 10.1. The molecule has 8 nitrogen and oxygen atoms in total. The third-order valence-electron chi connectivity index (χ3n) is 6.50. The maximum absolute atomic E-state index is 12.5. The van der Waals surface area contributed by atoms with E-state index in [1.165, 1.54) is 0 Å². The average Bonchev–Trinajstić information content (AvgIpc) is 3.02. The fourth-order valence-corrected chi connectivity index (χ4v) is 4.50. The van der Waals surface area contributed by atoms with Gasteiger partial charge in [0.05, 0.1) is 21.0 Å². The van der Waals surface area contributed by atoms with E-state index in [4.69, 9.17) is 9.47 Å². The van der Waals surface area contributed by atoms with Crippen LogP contribution >= 0.6 is 0 Å². The second-order valence-corrected chi connectivity index (χ2v) is 9.49. The van der Waals surface area contributed by atoms with Gasteiger partial charge in [-0.05, 0) is 30.7 Å². The molecule has 0 aromatic heterocycles. The lowest BCUT2D eigenvalue weighted by molar-refractivity contribution is -0.376. The van der Waals surface area contributed by atoms with E-state index in [1.54, 1.807) is 109 Å². The van der Waals surface area contributed by atoms with Gasteiger partial charge in [0.2, 0.25) is 17.8 Å². The van der Waals surface area contributed by atoms with Crippen LogP contribution in [-0.2, 0) is 9.47 Å². The highest BCUT2D eigenvalue weighted by molar-refractivity contribution is 5.84. The Bertz CT molecular complexity index is 1410. The van der Waals surface area contributed by atoms with Crippen LogP contribution in [0.2, 0.25) is 0 Å². The van der Waals surface area contributed by atoms with Crippen molar-refractivity contribution >= 4 is 22.9 Å². The summed E-state index contributed by atoms with van der Waals surface area (Å²) in [5, 5.41) is 25.0. The van der Waals surface area contributed by atoms with Gasteiger partial charge in [0.15, 0.2) is 0 Å². The van der Waals surface area contributed by atoms with E-state index < -0.39 is 16.1 Å². The monoisotopic (exact) mass is 564 g/mol. The zero-order valence-electron chi connectivity index (χ0n) is 23.3. The first-order chi connectivity index (χ1) is 20.5. The molecule has 0 bridgehead atoms. The topological polar surface area (TPSA) is 105 Å². The van der Waals surface area contributed by atoms with Crippen molar-refractivity contribution in [2.45, 2.75) is 38.9 Å². The third-order valence-corrected chi connectivity index (χ3v) is 6.50. The van der Waals surface area contributed by atoms with Crippen molar-refractivity contribution in [1.29, 1.82) is 0 Å². The van der Waals surface area contributed by atoms with Gasteiger partial charge in [-0.2, -0.15) is 0 Å². The number of benzene rings is 4. The van der Waals surface area contributed by atoms with Crippen LogP contribution in [0, 0.1) is 20.2 Å². The van der Waals surface area contributed by atoms with Crippen molar-refractivity contribution in [2.24, 2.45) is 0 Å². The molecule has 0 saturated heterocycles. The molecule has 4 rings (SSSR count). The summed E-state index contributed by atoms with van der Waals surface area (Å²) in [6.45, 7) is 2.06. The molecule has 0 atom stereocenters. The summed E-state index contributed by atoms with van der Waals surface area (Å²) in [5.74, 6) is 0.0335. The Morgan fingerprint density at radius 2 is 0.905 bits per heavy atom. The molecule has 0 aliphatic heterocycles. The minimum Gasteiger partial charge on any atom is -0.447 e. The summed E-state index contributed by atoms with van der Waals surface area (Å²) >= 11 is 0. The van der Waals surface area contributed by atoms with E-state index >= 15 is 0 Å². The smallest absolute Gasteiger partial charge is 0.318 e. The first-order valence-corrected chi connectivity index (χ1v) is 13.8. The normalized spacial score (nSPS) is 12.9. The van der Waals surface area contributed by atoms with Gasteiger partial charge in [-0.15, -0.1) is 0 Å². The number of nitro groups is 2. The molecule has 42 heavy (non-hydrogen) atoms. The number of nitrogens with zero attached hydrogens (tertiary/aromatic N) is 2. The van der Waals surface area contributed by atoms with Crippen molar-refractivity contribution in [2.75, 3.05) is 0 Å². The van der Waals surface area contributed by atoms with Crippen LogP contribution in [0.3, 0.4) is 0 Å². The zero-order chi connectivity index (χ0) is 29.7. The Labute approximate surface area is 244 Å². The SMILES string of the molecule is CCCCCC(OC(=C(c1ccccc1)[N+](=O)[O-])c1ccccc1)OC(=C(c1ccccc1)[N+](=O)[O-])c1ccccc1. The number of hydrogen-bond acceptors (Lipinski definition) is 6. The molecule has 0 aliphatic carbocycles. The molecule has 4 aromatic rings. The van der Waals surface area contributed by atoms with E-state index in [1.807, 2.05) is 12.1 Å². The fraction of sp³-hybridized carbons (Fsp3) is 0.176. The van der Waals surface area contributed by atoms with E-state index in [-0.39, 0.29) is 22.9 Å². The van der Waals surface area contributed by atoms with Gasteiger partial charge in [0.1, 0.15) is 0 Å². The predicted molar refractivity (Wildman–Crippen MR) is 163 cm³/mol. The van der Waals surface area contributed by atoms with Crippen LogP contribution in [0.15, 0.2) is 121 Å². The minimum absolute atomic E-state index is 0.0167. The molecule has 0 amide bonds. The Kier molecular flexibility index (Phi) is 10.6. The van der Waals surface area contributed by atoms with Crippen LogP contribution in [-0.4, -0.2) is 16.1 Å². The molecule has 214 valence electrons. The molecular formula is C34H32N2O6. The highest BCUT2D eigenvalue weighted by atomic mass is 16.7. The number of hydrogen-bond donors (Lipinski definition) is 0. The van der Waals surface area contributed by atoms with Crippen molar-refractivity contribution in [1.82, 2.24) is 0 Å². The van der Waals surface area contributed by atoms with Gasteiger partial charge in [-0.3, -0.25) is 20.2 Å². The van der Waals surface area contributed by atoms with Crippen LogP contribution < -0.4 is 0 Å². The molecule has 0 unspecified atom stereocenters. The molecule has 0 aliphatic rings. The molecule has 0 spiro atoms. The Morgan fingerprint density at radius 1 is 0.571 bits per heavy atom. The van der Waals surface area contributed by atoms with E-state index in [2.05, 4.69) is 6.92 Å². The summed E-state index contributed by atoms with van der Waals surface area (Å²) in [6.07, 6.45) is 1.74. The number of unbranched alkanes of at least 4 members (excludes halogenated alkanes) is 2. The van der Waals surface area contributed by atoms with Gasteiger partial charge in [0.25, 0.3) is 0 Å². The Balaban J connectivity index is 1.89. The van der Waals surface area contributed by atoms with Crippen LogP contribution in [0.4, 0.5) is 0 Å². The molecule has 0 N–H and O–H groups in total. The van der Waals surface area contributed by atoms with Crippen molar-refractivity contribution < 1.29 is 19.3 Å². The van der Waals surface area contributed by atoms with Crippen LogP contribution in [0.5, 0.6) is 0 Å². The van der Waals surface area contributed by atoms with Crippen LogP contribution in [0.1, 0.15) is 54.9 Å². The zero-order valence-corrected chi connectivity index (χ0v) is 23.3. The van der Waals surface area contributed by atoms with E-state index in [0.717, 1.165) is 12.8 Å².